The third-order valence-electron chi connectivity index (χ3n) is 2.19. The predicted octanol–water partition coefficient (Wildman–Crippen LogP) is 3.30. The topological polar surface area (TPSA) is 9.23 Å². The standard InChI is InChI=1S/C13H10FO/c1-15-13-5-3-2-4-12(13)10-6-8-11(14)9-7-10/h2-8H,1H3. The number of hydrogen-bond donors (Lipinski definition) is 0. The van der Waals surface area contributed by atoms with Crippen LogP contribution in [-0.2, 0) is 0 Å². The summed E-state index contributed by atoms with van der Waals surface area (Å²) in [4.78, 5) is 0. The van der Waals surface area contributed by atoms with Gasteiger partial charge in [-0.25, -0.2) is 4.39 Å². The number of ether oxygens (including phenoxy) is 1. The molecule has 1 nitrogen and oxygen atoms in total. The first-order chi connectivity index (χ1) is 7.31. The van der Waals surface area contributed by atoms with Crippen molar-refractivity contribution in [3.8, 4) is 16.9 Å². The van der Waals surface area contributed by atoms with Crippen LogP contribution < -0.4 is 4.74 Å². The van der Waals surface area contributed by atoms with Crippen LogP contribution in [0.25, 0.3) is 11.1 Å². The molecule has 0 saturated carbocycles. The smallest absolute Gasteiger partial charge is 0.131 e. The molecule has 0 heterocycles. The molecular formula is C13H10FO. The van der Waals surface area contributed by atoms with E-state index in [4.69, 9.17) is 4.74 Å². The van der Waals surface area contributed by atoms with Crippen molar-refractivity contribution in [1.29, 1.82) is 0 Å². The Bertz CT molecular complexity index is 448. The molecule has 2 aromatic carbocycles. The molecule has 2 rings (SSSR count). The Hall–Kier alpha value is -1.83. The van der Waals surface area contributed by atoms with E-state index in [2.05, 4.69) is 6.07 Å². The zero-order valence-corrected chi connectivity index (χ0v) is 8.33. The largest absolute Gasteiger partial charge is 0.496 e. The van der Waals surface area contributed by atoms with Crippen molar-refractivity contribution in [3.05, 3.63) is 54.3 Å². The molecular weight excluding hydrogens is 191 g/mol. The lowest BCUT2D eigenvalue weighted by atomic mass is 10.0. The van der Waals surface area contributed by atoms with E-state index in [0.717, 1.165) is 16.9 Å². The summed E-state index contributed by atoms with van der Waals surface area (Å²) in [5.41, 5.74) is 1.84. The highest BCUT2D eigenvalue weighted by molar-refractivity contribution is 5.70. The fourth-order valence-corrected chi connectivity index (χ4v) is 1.46. The second-order valence-corrected chi connectivity index (χ2v) is 3.13. The molecule has 0 aliphatic rings. The quantitative estimate of drug-likeness (QED) is 0.724. The van der Waals surface area contributed by atoms with Crippen LogP contribution in [0.4, 0.5) is 4.39 Å². The van der Waals surface area contributed by atoms with E-state index in [0.29, 0.717) is 0 Å². The fraction of sp³-hybridized carbons (Fsp3) is 0.0769. The Morgan fingerprint density at radius 3 is 2.60 bits per heavy atom. The van der Waals surface area contributed by atoms with Crippen molar-refractivity contribution in [2.75, 3.05) is 7.11 Å². The Morgan fingerprint density at radius 2 is 1.93 bits per heavy atom. The summed E-state index contributed by atoms with van der Waals surface area (Å²) in [5, 5.41) is 0. The second kappa shape index (κ2) is 4.13. The monoisotopic (exact) mass is 201 g/mol. The zero-order chi connectivity index (χ0) is 10.7. The van der Waals surface area contributed by atoms with Gasteiger partial charge in [0, 0.05) is 11.6 Å². The van der Waals surface area contributed by atoms with Crippen LogP contribution in [0.15, 0.2) is 42.5 Å². The van der Waals surface area contributed by atoms with Gasteiger partial charge in [0.25, 0.3) is 0 Å². The Balaban J connectivity index is 2.49. The molecule has 2 aromatic rings. The summed E-state index contributed by atoms with van der Waals surface area (Å²) < 4.78 is 17.9. The van der Waals surface area contributed by atoms with Crippen LogP contribution in [0.1, 0.15) is 0 Å². The van der Waals surface area contributed by atoms with Crippen molar-refractivity contribution in [3.63, 3.8) is 0 Å². The molecule has 1 radical (unpaired) electrons. The molecule has 0 aromatic heterocycles. The maximum atomic E-state index is 12.7. The molecule has 0 aliphatic carbocycles. The lowest BCUT2D eigenvalue weighted by molar-refractivity contribution is 0.416. The Morgan fingerprint density at radius 1 is 1.13 bits per heavy atom. The highest BCUT2D eigenvalue weighted by Gasteiger charge is 2.04. The van der Waals surface area contributed by atoms with Crippen molar-refractivity contribution >= 4 is 0 Å². The Labute approximate surface area is 88.1 Å². The summed E-state index contributed by atoms with van der Waals surface area (Å²) in [5.74, 6) is 0.422. The zero-order valence-electron chi connectivity index (χ0n) is 8.33. The maximum Gasteiger partial charge on any atom is 0.131 e. The molecule has 0 aliphatic heterocycles. The van der Waals surface area contributed by atoms with E-state index in [1.165, 1.54) is 6.07 Å². The Kier molecular flexibility index (Phi) is 2.68. The highest BCUT2D eigenvalue weighted by atomic mass is 19.1. The van der Waals surface area contributed by atoms with Crippen molar-refractivity contribution in [2.45, 2.75) is 0 Å². The van der Waals surface area contributed by atoms with Gasteiger partial charge in [-0.2, -0.15) is 0 Å². The minimum atomic E-state index is -0.353. The van der Waals surface area contributed by atoms with Gasteiger partial charge in [-0.15, -0.1) is 0 Å². The van der Waals surface area contributed by atoms with E-state index >= 15 is 0 Å². The number of benzene rings is 2. The molecule has 2 heteroatoms. The van der Waals surface area contributed by atoms with Gasteiger partial charge < -0.3 is 4.74 Å². The van der Waals surface area contributed by atoms with Gasteiger partial charge in [0.05, 0.1) is 7.11 Å². The highest BCUT2D eigenvalue weighted by Crippen LogP contribution is 2.29. The third kappa shape index (κ3) is 1.99. The molecule has 0 spiro atoms. The summed E-state index contributed by atoms with van der Waals surface area (Å²) >= 11 is 0. The van der Waals surface area contributed by atoms with Gasteiger partial charge >= 0.3 is 0 Å². The number of halogens is 1. The molecule has 0 unspecified atom stereocenters. The minimum Gasteiger partial charge on any atom is -0.496 e. The number of rotatable bonds is 2. The molecule has 0 amide bonds. The summed E-state index contributed by atoms with van der Waals surface area (Å²) in [6.07, 6.45) is 0. The van der Waals surface area contributed by atoms with Crippen molar-refractivity contribution in [1.82, 2.24) is 0 Å². The first kappa shape index (κ1) is 9.71. The minimum absolute atomic E-state index is 0.353. The van der Waals surface area contributed by atoms with Gasteiger partial charge in [-0.3, -0.25) is 0 Å². The fourth-order valence-electron chi connectivity index (χ4n) is 1.46. The molecule has 0 atom stereocenters. The maximum absolute atomic E-state index is 12.7. The van der Waals surface area contributed by atoms with Crippen molar-refractivity contribution < 1.29 is 9.13 Å². The van der Waals surface area contributed by atoms with Gasteiger partial charge in [-0.05, 0) is 23.8 Å². The van der Waals surface area contributed by atoms with E-state index in [1.807, 2.05) is 24.3 Å². The van der Waals surface area contributed by atoms with E-state index in [-0.39, 0.29) is 5.82 Å². The average molecular weight is 201 g/mol. The van der Waals surface area contributed by atoms with E-state index < -0.39 is 0 Å². The van der Waals surface area contributed by atoms with E-state index in [1.54, 1.807) is 19.2 Å². The SMILES string of the molecule is COc1ccccc1-c1c[c]c(F)cc1. The summed E-state index contributed by atoms with van der Waals surface area (Å²) in [7, 11) is 1.62. The number of para-hydroxylation sites is 1. The lowest BCUT2D eigenvalue weighted by Crippen LogP contribution is -1.87. The van der Waals surface area contributed by atoms with Crippen molar-refractivity contribution in [2.24, 2.45) is 0 Å². The molecule has 0 N–H and O–H groups in total. The van der Waals surface area contributed by atoms with Gasteiger partial charge in [0.2, 0.25) is 0 Å². The van der Waals surface area contributed by atoms with Gasteiger partial charge in [-0.1, -0.05) is 24.3 Å². The summed E-state index contributed by atoms with van der Waals surface area (Å²) in [6, 6.07) is 14.9. The molecule has 15 heavy (non-hydrogen) atoms. The van der Waals surface area contributed by atoms with Gasteiger partial charge in [0.1, 0.15) is 11.6 Å². The molecule has 0 bridgehead atoms. The van der Waals surface area contributed by atoms with Crippen LogP contribution >= 0.6 is 0 Å². The predicted molar refractivity (Wildman–Crippen MR) is 57.2 cm³/mol. The van der Waals surface area contributed by atoms with Crippen LogP contribution in [0.3, 0.4) is 0 Å². The lowest BCUT2D eigenvalue weighted by Gasteiger charge is -2.07. The van der Waals surface area contributed by atoms with Crippen LogP contribution in [-0.4, -0.2) is 7.11 Å². The van der Waals surface area contributed by atoms with Gasteiger partial charge in [0.15, 0.2) is 0 Å². The third-order valence-corrected chi connectivity index (χ3v) is 2.19. The second-order valence-electron chi connectivity index (χ2n) is 3.13. The molecule has 0 fully saturated rings. The first-order valence-electron chi connectivity index (χ1n) is 4.62. The molecule has 0 saturated heterocycles. The number of methoxy groups -OCH3 is 1. The number of hydrogen-bond acceptors (Lipinski definition) is 1. The van der Waals surface area contributed by atoms with Crippen LogP contribution in [0, 0.1) is 11.9 Å². The first-order valence-corrected chi connectivity index (χ1v) is 4.62. The normalized spacial score (nSPS) is 10.0. The van der Waals surface area contributed by atoms with Crippen LogP contribution in [0.5, 0.6) is 5.75 Å². The van der Waals surface area contributed by atoms with Crippen LogP contribution in [0.2, 0.25) is 0 Å². The molecule has 75 valence electrons. The average Bonchev–Trinajstić information content (AvgIpc) is 2.30. The summed E-state index contributed by atoms with van der Waals surface area (Å²) in [6.45, 7) is 0. The van der Waals surface area contributed by atoms with E-state index in [9.17, 15) is 4.39 Å².